The van der Waals surface area contributed by atoms with Crippen LogP contribution in [0.25, 0.3) is 10.9 Å². The van der Waals surface area contributed by atoms with Gasteiger partial charge in [-0.1, -0.05) is 0 Å². The lowest BCUT2D eigenvalue weighted by Gasteiger charge is -2.24. The van der Waals surface area contributed by atoms with Crippen LogP contribution < -0.4 is 0 Å². The summed E-state index contributed by atoms with van der Waals surface area (Å²) in [5.74, 6) is -0.420. The minimum absolute atomic E-state index is 0.0515. The standard InChI is InChI=1S/C16H16BrFN2O2/c17-15-10-8-19-20(13-3-1-2-6-22-13)12(10)7-9-4-5-11(18)16(21)14(9)15/h7-8,11,13H,1-6H2. The van der Waals surface area contributed by atoms with Crippen molar-refractivity contribution in [2.24, 2.45) is 0 Å². The first kappa shape index (κ1) is 14.3. The van der Waals surface area contributed by atoms with E-state index in [1.807, 2.05) is 10.7 Å². The Kier molecular flexibility index (Phi) is 3.53. The van der Waals surface area contributed by atoms with Gasteiger partial charge in [0.25, 0.3) is 0 Å². The van der Waals surface area contributed by atoms with Crippen molar-refractivity contribution in [3.63, 3.8) is 0 Å². The first-order valence-electron chi connectivity index (χ1n) is 7.65. The first-order chi connectivity index (χ1) is 10.7. The van der Waals surface area contributed by atoms with Crippen LogP contribution in [0.1, 0.15) is 47.8 Å². The second kappa shape index (κ2) is 5.42. The van der Waals surface area contributed by atoms with Gasteiger partial charge in [0.05, 0.1) is 11.7 Å². The predicted molar refractivity (Wildman–Crippen MR) is 83.8 cm³/mol. The number of carbonyl (C=O) groups excluding carboxylic acids is 1. The number of ketones is 1. The van der Waals surface area contributed by atoms with Crippen LogP contribution >= 0.6 is 15.9 Å². The fourth-order valence-corrected chi connectivity index (χ4v) is 4.13. The molecule has 22 heavy (non-hydrogen) atoms. The highest BCUT2D eigenvalue weighted by atomic mass is 79.9. The Morgan fingerprint density at radius 3 is 3.00 bits per heavy atom. The van der Waals surface area contributed by atoms with Crippen molar-refractivity contribution >= 4 is 32.6 Å². The van der Waals surface area contributed by atoms with Crippen molar-refractivity contribution in [1.29, 1.82) is 0 Å². The van der Waals surface area contributed by atoms with Gasteiger partial charge in [0.2, 0.25) is 0 Å². The first-order valence-corrected chi connectivity index (χ1v) is 8.44. The molecule has 116 valence electrons. The molecule has 0 bridgehead atoms. The molecule has 1 aliphatic carbocycles. The molecule has 2 heterocycles. The Balaban J connectivity index is 1.87. The molecular formula is C16H16BrFN2O2. The van der Waals surface area contributed by atoms with Crippen LogP contribution in [0.15, 0.2) is 16.7 Å². The summed E-state index contributed by atoms with van der Waals surface area (Å²) < 4.78 is 22.1. The van der Waals surface area contributed by atoms with E-state index in [1.54, 1.807) is 6.20 Å². The van der Waals surface area contributed by atoms with Gasteiger partial charge in [0, 0.05) is 22.0 Å². The molecule has 2 aliphatic rings. The van der Waals surface area contributed by atoms with E-state index in [-0.39, 0.29) is 12.6 Å². The van der Waals surface area contributed by atoms with Crippen molar-refractivity contribution in [3.8, 4) is 0 Å². The maximum Gasteiger partial charge on any atom is 0.198 e. The molecule has 4 nitrogen and oxygen atoms in total. The number of aryl methyl sites for hydroxylation is 1. The normalized spacial score (nSPS) is 25.5. The van der Waals surface area contributed by atoms with Gasteiger partial charge in [0.15, 0.2) is 18.2 Å². The molecule has 1 fully saturated rings. The molecule has 0 radical (unpaired) electrons. The summed E-state index contributed by atoms with van der Waals surface area (Å²) in [6.45, 7) is 0.750. The van der Waals surface area contributed by atoms with Crippen LogP contribution in [0.5, 0.6) is 0 Å². The number of Topliss-reactive ketones (excluding diaryl/α,β-unsaturated/α-hetero) is 1. The lowest BCUT2D eigenvalue weighted by atomic mass is 9.88. The van der Waals surface area contributed by atoms with Crippen LogP contribution in [0, 0.1) is 0 Å². The minimum Gasteiger partial charge on any atom is -0.356 e. The number of fused-ring (bicyclic) bond motifs is 2. The van der Waals surface area contributed by atoms with E-state index < -0.39 is 12.0 Å². The Morgan fingerprint density at radius 2 is 2.23 bits per heavy atom. The van der Waals surface area contributed by atoms with E-state index in [4.69, 9.17) is 4.74 Å². The van der Waals surface area contributed by atoms with Gasteiger partial charge in [-0.15, -0.1) is 0 Å². The fraction of sp³-hybridized carbons (Fsp3) is 0.500. The highest BCUT2D eigenvalue weighted by Crippen LogP contribution is 2.37. The van der Waals surface area contributed by atoms with Crippen molar-refractivity contribution in [1.82, 2.24) is 9.78 Å². The van der Waals surface area contributed by atoms with E-state index in [0.717, 1.165) is 42.3 Å². The topological polar surface area (TPSA) is 44.1 Å². The van der Waals surface area contributed by atoms with E-state index in [1.165, 1.54) is 0 Å². The molecule has 0 N–H and O–H groups in total. The van der Waals surface area contributed by atoms with Crippen molar-refractivity contribution in [2.75, 3.05) is 6.61 Å². The van der Waals surface area contributed by atoms with Gasteiger partial charge in [-0.25, -0.2) is 9.07 Å². The molecule has 1 aliphatic heterocycles. The molecule has 1 aromatic carbocycles. The molecule has 1 saturated heterocycles. The predicted octanol–water partition coefficient (Wildman–Crippen LogP) is 3.96. The zero-order valence-electron chi connectivity index (χ0n) is 12.0. The van der Waals surface area contributed by atoms with E-state index >= 15 is 0 Å². The number of carbonyl (C=O) groups is 1. The third-order valence-corrected chi connectivity index (χ3v) is 5.37. The van der Waals surface area contributed by atoms with Crippen molar-refractivity contribution in [2.45, 2.75) is 44.5 Å². The molecule has 0 amide bonds. The monoisotopic (exact) mass is 366 g/mol. The Hall–Kier alpha value is -1.27. The lowest BCUT2D eigenvalue weighted by Crippen LogP contribution is -2.24. The summed E-state index contributed by atoms with van der Waals surface area (Å²) in [5.41, 5.74) is 2.33. The Labute approximate surface area is 135 Å². The number of nitrogens with zero attached hydrogens (tertiary/aromatic N) is 2. The number of halogens is 2. The number of benzene rings is 1. The summed E-state index contributed by atoms with van der Waals surface area (Å²) in [7, 11) is 0. The van der Waals surface area contributed by atoms with Crippen LogP contribution in [0.2, 0.25) is 0 Å². The smallest absolute Gasteiger partial charge is 0.198 e. The second-order valence-corrected chi connectivity index (χ2v) is 6.73. The highest BCUT2D eigenvalue weighted by molar-refractivity contribution is 9.10. The zero-order valence-corrected chi connectivity index (χ0v) is 13.6. The third-order valence-electron chi connectivity index (χ3n) is 4.55. The highest BCUT2D eigenvalue weighted by Gasteiger charge is 2.31. The quantitative estimate of drug-likeness (QED) is 0.766. The molecule has 0 saturated carbocycles. The molecule has 4 rings (SSSR count). The van der Waals surface area contributed by atoms with Crippen LogP contribution in [-0.2, 0) is 11.2 Å². The number of hydrogen-bond acceptors (Lipinski definition) is 3. The maximum absolute atomic E-state index is 13.7. The number of ether oxygens (including phenoxy) is 1. The molecule has 0 spiro atoms. The summed E-state index contributed by atoms with van der Waals surface area (Å²) in [5, 5.41) is 5.29. The van der Waals surface area contributed by atoms with Gasteiger partial charge >= 0.3 is 0 Å². The Bertz CT molecular complexity index is 752. The molecule has 6 heteroatoms. The van der Waals surface area contributed by atoms with E-state index in [9.17, 15) is 9.18 Å². The lowest BCUT2D eigenvalue weighted by molar-refractivity contribution is -0.0366. The van der Waals surface area contributed by atoms with Crippen LogP contribution in [-0.4, -0.2) is 28.3 Å². The van der Waals surface area contributed by atoms with Gasteiger partial charge in [-0.3, -0.25) is 4.79 Å². The SMILES string of the molecule is O=C1c2c(cc3c(cnn3C3CCCCO3)c2Br)CCC1F. The summed E-state index contributed by atoms with van der Waals surface area (Å²) in [4.78, 5) is 12.1. The zero-order chi connectivity index (χ0) is 15.3. The average molecular weight is 367 g/mol. The summed E-state index contributed by atoms with van der Waals surface area (Å²) >= 11 is 3.49. The number of alkyl halides is 1. The fourth-order valence-electron chi connectivity index (χ4n) is 3.38. The average Bonchev–Trinajstić information content (AvgIpc) is 2.96. The molecule has 2 atom stereocenters. The van der Waals surface area contributed by atoms with E-state index in [0.29, 0.717) is 16.5 Å². The Morgan fingerprint density at radius 1 is 1.36 bits per heavy atom. The van der Waals surface area contributed by atoms with Gasteiger partial charge < -0.3 is 4.74 Å². The van der Waals surface area contributed by atoms with Crippen molar-refractivity contribution in [3.05, 3.63) is 27.9 Å². The maximum atomic E-state index is 13.7. The van der Waals surface area contributed by atoms with Gasteiger partial charge in [-0.2, -0.15) is 5.10 Å². The number of hydrogen-bond donors (Lipinski definition) is 0. The van der Waals surface area contributed by atoms with E-state index in [2.05, 4.69) is 21.0 Å². The molecule has 1 aromatic heterocycles. The second-order valence-electron chi connectivity index (χ2n) is 5.94. The largest absolute Gasteiger partial charge is 0.356 e. The minimum atomic E-state index is -1.39. The molecule has 2 aromatic rings. The summed E-state index contributed by atoms with van der Waals surface area (Å²) in [6, 6.07) is 1.98. The number of aromatic nitrogens is 2. The van der Waals surface area contributed by atoms with Crippen molar-refractivity contribution < 1.29 is 13.9 Å². The molecular weight excluding hydrogens is 351 g/mol. The van der Waals surface area contributed by atoms with Crippen LogP contribution in [0.4, 0.5) is 4.39 Å². The third kappa shape index (κ3) is 2.12. The van der Waals surface area contributed by atoms with Gasteiger partial charge in [-0.05, 0) is 59.7 Å². The number of rotatable bonds is 1. The summed E-state index contributed by atoms with van der Waals surface area (Å²) in [6.07, 6.45) is 4.28. The molecule has 2 unspecified atom stereocenters. The van der Waals surface area contributed by atoms with Crippen LogP contribution in [0.3, 0.4) is 0 Å². The van der Waals surface area contributed by atoms with Gasteiger partial charge in [0.1, 0.15) is 0 Å².